The Hall–Kier alpha value is -2.14. The molecule has 1 saturated carbocycles. The minimum absolute atomic E-state index is 0.0420. The summed E-state index contributed by atoms with van der Waals surface area (Å²) < 4.78 is 1.96. The molecule has 0 atom stereocenters. The predicted octanol–water partition coefficient (Wildman–Crippen LogP) is 4.82. The number of carbonyl (C=O) groups is 1. The highest BCUT2D eigenvalue weighted by Gasteiger charge is 2.18. The lowest BCUT2D eigenvalue weighted by Crippen LogP contribution is -2.34. The molecular weight excluding hydrogens is 330 g/mol. The zero-order chi connectivity index (χ0) is 17.2. The lowest BCUT2D eigenvalue weighted by atomic mass is 10.1. The zero-order valence-corrected chi connectivity index (χ0v) is 15.3. The summed E-state index contributed by atoms with van der Waals surface area (Å²) in [6.07, 6.45) is 11.1. The van der Waals surface area contributed by atoms with Gasteiger partial charge in [-0.25, -0.2) is 4.98 Å². The van der Waals surface area contributed by atoms with E-state index in [1.807, 2.05) is 10.6 Å². The maximum absolute atomic E-state index is 12.5. The second-order valence-corrected chi connectivity index (χ2v) is 7.95. The summed E-state index contributed by atoms with van der Waals surface area (Å²) >= 11 is 1.62. The normalized spacial score (nSPS) is 16.0. The maximum Gasteiger partial charge on any atom is 0.271 e. The average molecular weight is 353 g/mol. The van der Waals surface area contributed by atoms with Crippen molar-refractivity contribution in [2.24, 2.45) is 0 Å². The first-order chi connectivity index (χ1) is 12.2. The number of imidazole rings is 1. The molecule has 1 fully saturated rings. The van der Waals surface area contributed by atoms with E-state index in [0.29, 0.717) is 11.7 Å². The summed E-state index contributed by atoms with van der Waals surface area (Å²) in [5.74, 6) is -0.0420. The van der Waals surface area contributed by atoms with Crippen LogP contribution in [0.5, 0.6) is 0 Å². The monoisotopic (exact) mass is 353 g/mol. The summed E-state index contributed by atoms with van der Waals surface area (Å²) in [5, 5.41) is 3.17. The van der Waals surface area contributed by atoms with Crippen LogP contribution in [0.3, 0.4) is 0 Å². The third-order valence-electron chi connectivity index (χ3n) is 4.92. The molecule has 5 heteroatoms. The van der Waals surface area contributed by atoms with E-state index in [0.717, 1.165) is 17.8 Å². The Labute approximate surface area is 151 Å². The standard InChI is InChI=1S/C20H23N3OS/c1-14-8-10-15(11-9-14)18-13-23-12-17(22-20(23)25-18)19(24)21-16-6-4-2-3-5-7-16/h8-13,16H,2-7H2,1H3,(H,21,24). The van der Waals surface area contributed by atoms with Crippen molar-refractivity contribution < 1.29 is 4.79 Å². The highest BCUT2D eigenvalue weighted by molar-refractivity contribution is 7.20. The molecule has 0 saturated heterocycles. The molecule has 2 aromatic heterocycles. The van der Waals surface area contributed by atoms with Gasteiger partial charge in [0.2, 0.25) is 0 Å². The van der Waals surface area contributed by atoms with Crippen LogP contribution in [0.25, 0.3) is 15.4 Å². The Kier molecular flexibility index (Phi) is 4.57. The number of rotatable bonds is 3. The van der Waals surface area contributed by atoms with Crippen molar-refractivity contribution in [3.05, 3.63) is 47.9 Å². The van der Waals surface area contributed by atoms with Gasteiger partial charge in [0.1, 0.15) is 5.69 Å². The minimum atomic E-state index is -0.0420. The Morgan fingerprint density at radius 2 is 1.84 bits per heavy atom. The van der Waals surface area contributed by atoms with E-state index in [-0.39, 0.29) is 5.91 Å². The van der Waals surface area contributed by atoms with Crippen LogP contribution in [0.2, 0.25) is 0 Å². The fourth-order valence-corrected chi connectivity index (χ4v) is 4.41. The molecule has 0 radical (unpaired) electrons. The first-order valence-corrected chi connectivity index (χ1v) is 9.87. The number of benzene rings is 1. The molecule has 0 unspecified atom stereocenters. The van der Waals surface area contributed by atoms with Gasteiger partial charge in [-0.3, -0.25) is 9.20 Å². The van der Waals surface area contributed by atoms with Gasteiger partial charge in [-0.1, -0.05) is 66.8 Å². The third-order valence-corrected chi connectivity index (χ3v) is 5.96. The van der Waals surface area contributed by atoms with Crippen LogP contribution in [0.1, 0.15) is 54.6 Å². The van der Waals surface area contributed by atoms with Crippen LogP contribution in [-0.2, 0) is 0 Å². The number of fused-ring (bicyclic) bond motifs is 1. The Morgan fingerprint density at radius 1 is 1.12 bits per heavy atom. The maximum atomic E-state index is 12.5. The van der Waals surface area contributed by atoms with Crippen molar-refractivity contribution in [3.63, 3.8) is 0 Å². The fourth-order valence-electron chi connectivity index (χ4n) is 3.44. The van der Waals surface area contributed by atoms with E-state index in [1.165, 1.54) is 41.7 Å². The van der Waals surface area contributed by atoms with Gasteiger partial charge in [-0.05, 0) is 25.3 Å². The van der Waals surface area contributed by atoms with E-state index >= 15 is 0 Å². The number of aromatic nitrogens is 2. The number of nitrogens with zero attached hydrogens (tertiary/aromatic N) is 2. The topological polar surface area (TPSA) is 46.4 Å². The Morgan fingerprint density at radius 3 is 2.52 bits per heavy atom. The Balaban J connectivity index is 1.50. The lowest BCUT2D eigenvalue weighted by molar-refractivity contribution is 0.0929. The molecule has 0 aliphatic heterocycles. The van der Waals surface area contributed by atoms with E-state index in [4.69, 9.17) is 0 Å². The summed E-state index contributed by atoms with van der Waals surface area (Å²) in [6.45, 7) is 2.09. The molecule has 0 spiro atoms. The summed E-state index contributed by atoms with van der Waals surface area (Å²) in [6, 6.07) is 8.78. The zero-order valence-electron chi connectivity index (χ0n) is 14.5. The van der Waals surface area contributed by atoms with E-state index in [1.54, 1.807) is 11.3 Å². The van der Waals surface area contributed by atoms with Crippen LogP contribution in [0.4, 0.5) is 0 Å². The second-order valence-electron chi connectivity index (χ2n) is 6.94. The number of hydrogen-bond acceptors (Lipinski definition) is 3. The van der Waals surface area contributed by atoms with Crippen LogP contribution in [0, 0.1) is 6.92 Å². The molecule has 1 amide bonds. The fraction of sp³-hybridized carbons (Fsp3) is 0.400. The number of nitrogens with one attached hydrogen (secondary N) is 1. The first kappa shape index (κ1) is 16.3. The first-order valence-electron chi connectivity index (χ1n) is 9.05. The average Bonchev–Trinajstić information content (AvgIpc) is 3.07. The summed E-state index contributed by atoms with van der Waals surface area (Å²) in [5.41, 5.74) is 2.96. The van der Waals surface area contributed by atoms with Crippen molar-refractivity contribution in [2.45, 2.75) is 51.5 Å². The van der Waals surface area contributed by atoms with Crippen LogP contribution < -0.4 is 5.32 Å². The largest absolute Gasteiger partial charge is 0.348 e. The highest BCUT2D eigenvalue weighted by Crippen LogP contribution is 2.28. The molecular formula is C20H23N3OS. The van der Waals surface area contributed by atoms with Crippen molar-refractivity contribution >= 4 is 22.2 Å². The van der Waals surface area contributed by atoms with Gasteiger partial charge in [0.15, 0.2) is 4.96 Å². The molecule has 1 aromatic carbocycles. The van der Waals surface area contributed by atoms with Gasteiger partial charge in [-0.2, -0.15) is 0 Å². The molecule has 3 aromatic rings. The number of carbonyl (C=O) groups excluding carboxylic acids is 1. The molecule has 2 heterocycles. The van der Waals surface area contributed by atoms with Gasteiger partial charge in [0.25, 0.3) is 5.91 Å². The SMILES string of the molecule is Cc1ccc(-c2cn3cc(C(=O)NC4CCCCCC4)nc3s2)cc1. The highest BCUT2D eigenvalue weighted by atomic mass is 32.1. The predicted molar refractivity (Wildman–Crippen MR) is 102 cm³/mol. The molecule has 4 rings (SSSR count). The summed E-state index contributed by atoms with van der Waals surface area (Å²) in [7, 11) is 0. The van der Waals surface area contributed by atoms with Gasteiger partial charge >= 0.3 is 0 Å². The van der Waals surface area contributed by atoms with E-state index in [2.05, 4.69) is 47.7 Å². The Bertz CT molecular complexity index is 839. The molecule has 1 aliphatic rings. The molecule has 1 N–H and O–H groups in total. The van der Waals surface area contributed by atoms with Crippen LogP contribution in [-0.4, -0.2) is 21.3 Å². The second kappa shape index (κ2) is 7.00. The van der Waals surface area contributed by atoms with Crippen LogP contribution in [0.15, 0.2) is 36.7 Å². The molecule has 130 valence electrons. The van der Waals surface area contributed by atoms with Crippen LogP contribution >= 0.6 is 11.3 Å². The molecule has 4 nitrogen and oxygen atoms in total. The smallest absolute Gasteiger partial charge is 0.271 e. The molecule has 25 heavy (non-hydrogen) atoms. The van der Waals surface area contributed by atoms with E-state index < -0.39 is 0 Å². The number of thiazole rings is 1. The number of hydrogen-bond donors (Lipinski definition) is 1. The van der Waals surface area contributed by atoms with E-state index in [9.17, 15) is 4.79 Å². The van der Waals surface area contributed by atoms with Gasteiger partial charge in [-0.15, -0.1) is 0 Å². The van der Waals surface area contributed by atoms with Crippen molar-refractivity contribution in [3.8, 4) is 10.4 Å². The lowest BCUT2D eigenvalue weighted by Gasteiger charge is -2.14. The van der Waals surface area contributed by atoms with Gasteiger partial charge < -0.3 is 5.32 Å². The van der Waals surface area contributed by atoms with Crippen molar-refractivity contribution in [1.82, 2.24) is 14.7 Å². The molecule has 1 aliphatic carbocycles. The number of aryl methyl sites for hydroxylation is 1. The third kappa shape index (κ3) is 3.61. The summed E-state index contributed by atoms with van der Waals surface area (Å²) in [4.78, 5) is 19.1. The van der Waals surface area contributed by atoms with Gasteiger partial charge in [0.05, 0.1) is 4.88 Å². The van der Waals surface area contributed by atoms with Crippen molar-refractivity contribution in [2.75, 3.05) is 0 Å². The van der Waals surface area contributed by atoms with Gasteiger partial charge in [0, 0.05) is 18.4 Å². The molecule has 0 bridgehead atoms. The number of amides is 1. The van der Waals surface area contributed by atoms with Crippen molar-refractivity contribution in [1.29, 1.82) is 0 Å². The quantitative estimate of drug-likeness (QED) is 0.686. The minimum Gasteiger partial charge on any atom is -0.348 e.